The van der Waals surface area contributed by atoms with Crippen molar-refractivity contribution in [3.63, 3.8) is 0 Å². The first-order valence-electron chi connectivity index (χ1n) is 10.3. The van der Waals surface area contributed by atoms with Gasteiger partial charge in [0.05, 0.1) is 18.5 Å². The molecule has 3 aromatic rings. The van der Waals surface area contributed by atoms with Gasteiger partial charge in [0, 0.05) is 40.4 Å². The van der Waals surface area contributed by atoms with E-state index in [4.69, 9.17) is 4.42 Å². The molecule has 1 aliphatic rings. The Morgan fingerprint density at radius 3 is 2.53 bits per heavy atom. The van der Waals surface area contributed by atoms with E-state index in [1.165, 1.54) is 0 Å². The highest BCUT2D eigenvalue weighted by atomic mass is 19.3. The second kappa shape index (κ2) is 8.92. The summed E-state index contributed by atoms with van der Waals surface area (Å²) >= 11 is 0. The lowest BCUT2D eigenvalue weighted by Crippen LogP contribution is -2.43. The first-order chi connectivity index (χ1) is 14.5. The van der Waals surface area contributed by atoms with Crippen LogP contribution in [0.2, 0.25) is 0 Å². The largest absolute Gasteiger partial charge is 0.464 e. The molecule has 0 aliphatic heterocycles. The van der Waals surface area contributed by atoms with Crippen molar-refractivity contribution in [2.24, 2.45) is 0 Å². The number of halogens is 2. The smallest absolute Gasteiger partial charge is 0.251 e. The summed E-state index contributed by atoms with van der Waals surface area (Å²) in [7, 11) is 0. The predicted octanol–water partition coefficient (Wildman–Crippen LogP) is 4.70. The quantitative estimate of drug-likeness (QED) is 0.615. The predicted molar refractivity (Wildman–Crippen MR) is 112 cm³/mol. The van der Waals surface area contributed by atoms with Crippen LogP contribution in [0.1, 0.15) is 41.7 Å². The van der Waals surface area contributed by atoms with Crippen LogP contribution < -0.4 is 10.6 Å². The number of aromatic nitrogens is 1. The van der Waals surface area contributed by atoms with Crippen LogP contribution in [-0.4, -0.2) is 35.9 Å². The van der Waals surface area contributed by atoms with E-state index < -0.39 is 6.43 Å². The molecule has 2 heterocycles. The lowest BCUT2D eigenvalue weighted by Gasteiger charge is -2.29. The lowest BCUT2D eigenvalue weighted by molar-refractivity contribution is 0.0922. The minimum absolute atomic E-state index is 0.0748. The Hall–Kier alpha value is -2.80. The van der Waals surface area contributed by atoms with Crippen LogP contribution in [0.4, 0.5) is 8.78 Å². The van der Waals surface area contributed by atoms with Gasteiger partial charge in [-0.05, 0) is 50.8 Å². The zero-order valence-corrected chi connectivity index (χ0v) is 16.8. The molecule has 0 atom stereocenters. The van der Waals surface area contributed by atoms with Crippen molar-refractivity contribution in [2.45, 2.75) is 51.1 Å². The molecule has 0 radical (unpaired) electrons. The van der Waals surface area contributed by atoms with Crippen molar-refractivity contribution < 1.29 is 18.0 Å². The summed E-state index contributed by atoms with van der Waals surface area (Å²) in [5.74, 6) is -0.115. The normalized spacial score (nSPS) is 19.3. The van der Waals surface area contributed by atoms with Crippen LogP contribution in [0.15, 0.2) is 47.1 Å². The third kappa shape index (κ3) is 4.67. The zero-order chi connectivity index (χ0) is 21.1. The Morgan fingerprint density at radius 1 is 1.13 bits per heavy atom. The van der Waals surface area contributed by atoms with Crippen LogP contribution in [0.25, 0.3) is 22.2 Å². The van der Waals surface area contributed by atoms with Crippen molar-refractivity contribution in [1.29, 1.82) is 0 Å². The number of furan rings is 1. The van der Waals surface area contributed by atoms with E-state index in [-0.39, 0.29) is 24.5 Å². The molecule has 0 spiro atoms. The van der Waals surface area contributed by atoms with Gasteiger partial charge in [-0.2, -0.15) is 0 Å². The molecule has 1 saturated carbocycles. The molecule has 1 amide bonds. The molecular weight excluding hydrogens is 388 g/mol. The van der Waals surface area contributed by atoms with Gasteiger partial charge in [-0.3, -0.25) is 9.78 Å². The van der Waals surface area contributed by atoms with E-state index in [2.05, 4.69) is 15.6 Å². The molecular formula is C23H25F2N3O2. The second-order valence-corrected chi connectivity index (χ2v) is 7.84. The Bertz CT molecular complexity index is 1010. The topological polar surface area (TPSA) is 67.2 Å². The summed E-state index contributed by atoms with van der Waals surface area (Å²) in [4.78, 5) is 17.3. The minimum Gasteiger partial charge on any atom is -0.464 e. The molecule has 2 aromatic heterocycles. The van der Waals surface area contributed by atoms with Gasteiger partial charge in [0.1, 0.15) is 5.58 Å². The van der Waals surface area contributed by atoms with Crippen molar-refractivity contribution in [2.75, 3.05) is 6.54 Å². The SMILES string of the molecule is Cc1cc2occc2c(-c2ccc(C(=O)NC3CCC(NCC(F)F)CC3)cc2)n1. The molecule has 1 aliphatic carbocycles. The number of benzene rings is 1. The fraction of sp³-hybridized carbons (Fsp3) is 0.391. The van der Waals surface area contributed by atoms with Gasteiger partial charge in [-0.1, -0.05) is 12.1 Å². The number of aryl methyl sites for hydroxylation is 1. The summed E-state index contributed by atoms with van der Waals surface area (Å²) in [6.07, 6.45) is 2.47. The van der Waals surface area contributed by atoms with Crippen molar-refractivity contribution in [1.82, 2.24) is 15.6 Å². The Balaban J connectivity index is 1.37. The van der Waals surface area contributed by atoms with Gasteiger partial charge in [0.15, 0.2) is 0 Å². The number of amides is 1. The van der Waals surface area contributed by atoms with E-state index in [1.54, 1.807) is 18.4 Å². The highest BCUT2D eigenvalue weighted by Crippen LogP contribution is 2.28. The molecule has 0 bridgehead atoms. The molecule has 2 N–H and O–H groups in total. The number of rotatable bonds is 6. The average molecular weight is 413 g/mol. The fourth-order valence-electron chi connectivity index (χ4n) is 4.05. The third-order valence-electron chi connectivity index (χ3n) is 5.62. The molecule has 158 valence electrons. The van der Waals surface area contributed by atoms with Gasteiger partial charge < -0.3 is 15.1 Å². The molecule has 0 unspecified atom stereocenters. The van der Waals surface area contributed by atoms with E-state index in [1.807, 2.05) is 31.2 Å². The van der Waals surface area contributed by atoms with Crippen LogP contribution in [0.5, 0.6) is 0 Å². The monoisotopic (exact) mass is 413 g/mol. The van der Waals surface area contributed by atoms with Gasteiger partial charge in [0.2, 0.25) is 0 Å². The molecule has 4 rings (SSSR count). The number of pyridine rings is 1. The van der Waals surface area contributed by atoms with Gasteiger partial charge in [-0.15, -0.1) is 0 Å². The van der Waals surface area contributed by atoms with Crippen molar-refractivity contribution in [3.05, 3.63) is 53.9 Å². The highest BCUT2D eigenvalue weighted by Gasteiger charge is 2.23. The summed E-state index contributed by atoms with van der Waals surface area (Å²) in [5, 5.41) is 6.90. The summed E-state index contributed by atoms with van der Waals surface area (Å²) in [6, 6.07) is 11.4. The number of alkyl halides is 2. The summed E-state index contributed by atoms with van der Waals surface area (Å²) < 4.78 is 30.1. The van der Waals surface area contributed by atoms with E-state index >= 15 is 0 Å². The molecule has 1 aromatic carbocycles. The van der Waals surface area contributed by atoms with Gasteiger partial charge in [0.25, 0.3) is 12.3 Å². The van der Waals surface area contributed by atoms with Crippen LogP contribution in [0, 0.1) is 6.92 Å². The van der Waals surface area contributed by atoms with E-state index in [0.29, 0.717) is 5.56 Å². The third-order valence-corrected chi connectivity index (χ3v) is 5.62. The van der Waals surface area contributed by atoms with Gasteiger partial charge in [-0.25, -0.2) is 8.78 Å². The maximum absolute atomic E-state index is 12.6. The van der Waals surface area contributed by atoms with Crippen molar-refractivity contribution in [3.8, 4) is 11.3 Å². The first kappa shape index (κ1) is 20.5. The maximum atomic E-state index is 12.6. The molecule has 30 heavy (non-hydrogen) atoms. The van der Waals surface area contributed by atoms with Crippen LogP contribution >= 0.6 is 0 Å². The average Bonchev–Trinajstić information content (AvgIpc) is 3.21. The molecule has 1 fully saturated rings. The van der Waals surface area contributed by atoms with Gasteiger partial charge >= 0.3 is 0 Å². The number of carbonyl (C=O) groups is 1. The van der Waals surface area contributed by atoms with E-state index in [0.717, 1.165) is 53.6 Å². The number of hydrogen-bond acceptors (Lipinski definition) is 4. The second-order valence-electron chi connectivity index (χ2n) is 7.84. The molecule has 7 heteroatoms. The molecule has 5 nitrogen and oxygen atoms in total. The van der Waals surface area contributed by atoms with E-state index in [9.17, 15) is 13.6 Å². The Labute approximate surface area is 173 Å². The number of fused-ring (bicyclic) bond motifs is 1. The summed E-state index contributed by atoms with van der Waals surface area (Å²) in [6.45, 7) is 1.65. The number of nitrogens with zero attached hydrogens (tertiary/aromatic N) is 1. The first-order valence-corrected chi connectivity index (χ1v) is 10.3. The molecule has 0 saturated heterocycles. The number of nitrogens with one attached hydrogen (secondary N) is 2. The highest BCUT2D eigenvalue weighted by molar-refractivity contribution is 5.96. The fourth-order valence-corrected chi connectivity index (χ4v) is 4.05. The Morgan fingerprint density at radius 2 is 1.83 bits per heavy atom. The standard InChI is InChI=1S/C23H25F2N3O2/c1-14-12-20-19(10-11-30-20)22(27-14)15-2-4-16(5-3-15)23(29)28-18-8-6-17(7-9-18)26-13-21(24)25/h2-5,10-12,17-18,21,26H,6-9,13H2,1H3,(H,28,29). The summed E-state index contributed by atoms with van der Waals surface area (Å²) in [5.41, 5.74) is 4.01. The number of carbonyl (C=O) groups excluding carboxylic acids is 1. The zero-order valence-electron chi connectivity index (χ0n) is 16.8. The maximum Gasteiger partial charge on any atom is 0.251 e. The Kier molecular flexibility index (Phi) is 6.08. The van der Waals surface area contributed by atoms with Crippen LogP contribution in [0.3, 0.4) is 0 Å². The minimum atomic E-state index is -2.33. The van der Waals surface area contributed by atoms with Crippen molar-refractivity contribution >= 4 is 16.9 Å². The van der Waals surface area contributed by atoms with Crippen LogP contribution in [-0.2, 0) is 0 Å². The number of hydrogen-bond donors (Lipinski definition) is 2. The lowest BCUT2D eigenvalue weighted by atomic mass is 9.91.